The molecular formula is C31H34BrN5S. The Bertz CT molecular complexity index is 1670. The van der Waals surface area contributed by atoms with Gasteiger partial charge in [0.1, 0.15) is 11.2 Å². The van der Waals surface area contributed by atoms with Crippen LogP contribution in [0.3, 0.4) is 0 Å². The molecule has 1 saturated heterocycles. The molecule has 7 rings (SSSR count). The molecule has 4 aromatic heterocycles. The number of halogens is 1. The van der Waals surface area contributed by atoms with E-state index in [0.717, 1.165) is 22.6 Å². The van der Waals surface area contributed by atoms with Gasteiger partial charge in [-0.05, 0) is 91.3 Å². The quantitative estimate of drug-likeness (QED) is 0.226. The van der Waals surface area contributed by atoms with Crippen molar-refractivity contribution in [1.29, 1.82) is 0 Å². The van der Waals surface area contributed by atoms with Crippen LogP contribution in [0.15, 0.2) is 41.3 Å². The first-order valence-electron chi connectivity index (χ1n) is 13.7. The summed E-state index contributed by atoms with van der Waals surface area (Å²) in [4.78, 5) is 14.0. The molecule has 1 aliphatic heterocycles. The fourth-order valence-corrected chi connectivity index (χ4v) is 8.93. The number of aromatic nitrogens is 4. The maximum Gasteiger partial charge on any atom is 0.158 e. The van der Waals surface area contributed by atoms with Gasteiger partial charge in [0, 0.05) is 45.6 Å². The second-order valence-electron chi connectivity index (χ2n) is 11.7. The number of aryl methyl sites for hydroxylation is 2. The third-order valence-corrected chi connectivity index (χ3v) is 11.1. The SMILES string of the molecule is Cc1c(-c2[nH]c3sc([C@@H]4CC5CC4CN5Cc4ccc(Br)cc4)c(C)c3c2C(C)C)cn2ncnc2c1C. The molecule has 1 aromatic carbocycles. The number of fused-ring (bicyclic) bond motifs is 4. The number of hydrogen-bond acceptors (Lipinski definition) is 4. The van der Waals surface area contributed by atoms with Crippen LogP contribution in [0.4, 0.5) is 0 Å². The van der Waals surface area contributed by atoms with Crippen LogP contribution < -0.4 is 0 Å². The first kappa shape index (κ1) is 24.6. The summed E-state index contributed by atoms with van der Waals surface area (Å²) < 4.78 is 3.07. The number of thiophene rings is 1. The highest BCUT2D eigenvalue weighted by molar-refractivity contribution is 9.10. The Labute approximate surface area is 236 Å². The Balaban J connectivity index is 1.22. The molecule has 2 fully saturated rings. The molecule has 5 heterocycles. The third-order valence-electron chi connectivity index (χ3n) is 9.22. The van der Waals surface area contributed by atoms with Crippen molar-refractivity contribution in [2.24, 2.45) is 5.92 Å². The largest absolute Gasteiger partial charge is 0.346 e. The number of benzene rings is 1. The Kier molecular flexibility index (Phi) is 5.84. The van der Waals surface area contributed by atoms with Crippen molar-refractivity contribution < 1.29 is 0 Å². The van der Waals surface area contributed by atoms with Gasteiger partial charge in [0.15, 0.2) is 5.65 Å². The van der Waals surface area contributed by atoms with Gasteiger partial charge in [-0.3, -0.25) is 4.90 Å². The summed E-state index contributed by atoms with van der Waals surface area (Å²) in [6.45, 7) is 13.7. The normalized spacial score (nSPS) is 21.6. The number of pyridine rings is 1. The summed E-state index contributed by atoms with van der Waals surface area (Å²) in [5.74, 6) is 1.87. The fourth-order valence-electron chi connectivity index (χ4n) is 7.23. The standard InChI is InChI=1S/C31H34BrN5S/c1-16(2)26-27-19(5)29(24-11-23-10-21(24)13-36(23)12-20-6-8-22(32)9-7-20)38-31(27)35-28(26)25-14-37-30(33-15-34-37)18(4)17(25)3/h6-9,14-16,21,23-24,35H,10-13H2,1-5H3/t21?,23?,24-/m1/s1. The Morgan fingerprint density at radius 3 is 2.58 bits per heavy atom. The van der Waals surface area contributed by atoms with Crippen LogP contribution >= 0.6 is 27.3 Å². The van der Waals surface area contributed by atoms with Gasteiger partial charge in [-0.1, -0.05) is 41.9 Å². The van der Waals surface area contributed by atoms with E-state index < -0.39 is 0 Å². The van der Waals surface area contributed by atoms with Gasteiger partial charge in [-0.15, -0.1) is 11.3 Å². The molecule has 0 radical (unpaired) electrons. The Morgan fingerprint density at radius 1 is 1.08 bits per heavy atom. The lowest BCUT2D eigenvalue weighted by Gasteiger charge is -2.31. The number of nitrogens with zero attached hydrogens (tertiary/aromatic N) is 4. The average Bonchev–Trinajstić information content (AvgIpc) is 3.70. The van der Waals surface area contributed by atoms with Gasteiger partial charge in [-0.2, -0.15) is 5.10 Å². The number of rotatable bonds is 5. The molecule has 1 saturated carbocycles. The molecule has 38 heavy (non-hydrogen) atoms. The molecule has 5 aromatic rings. The molecule has 1 N–H and O–H groups in total. The van der Waals surface area contributed by atoms with E-state index >= 15 is 0 Å². The maximum absolute atomic E-state index is 4.46. The monoisotopic (exact) mass is 587 g/mol. The zero-order valence-corrected chi connectivity index (χ0v) is 25.1. The van der Waals surface area contributed by atoms with E-state index in [2.05, 4.69) is 101 Å². The number of likely N-dealkylation sites (tertiary alicyclic amines) is 1. The molecule has 196 valence electrons. The van der Waals surface area contributed by atoms with Crippen molar-refractivity contribution in [3.8, 4) is 11.3 Å². The molecule has 3 atom stereocenters. The van der Waals surface area contributed by atoms with E-state index in [9.17, 15) is 0 Å². The summed E-state index contributed by atoms with van der Waals surface area (Å²) in [5.41, 5.74) is 10.3. The molecule has 2 unspecified atom stereocenters. The zero-order valence-electron chi connectivity index (χ0n) is 22.7. The highest BCUT2D eigenvalue weighted by Crippen LogP contribution is 2.53. The van der Waals surface area contributed by atoms with E-state index in [1.54, 1.807) is 11.2 Å². The first-order chi connectivity index (χ1) is 18.3. The first-order valence-corrected chi connectivity index (χ1v) is 15.3. The summed E-state index contributed by atoms with van der Waals surface area (Å²) >= 11 is 5.58. The van der Waals surface area contributed by atoms with Crippen LogP contribution in [0.25, 0.3) is 27.1 Å². The lowest BCUT2D eigenvalue weighted by Crippen LogP contribution is -2.34. The minimum Gasteiger partial charge on any atom is -0.346 e. The molecular weight excluding hydrogens is 554 g/mol. The number of piperidine rings is 1. The highest BCUT2D eigenvalue weighted by Gasteiger charge is 2.46. The Hall–Kier alpha value is -2.48. The van der Waals surface area contributed by atoms with E-state index in [1.165, 1.54) is 68.7 Å². The van der Waals surface area contributed by atoms with Crippen molar-refractivity contribution in [3.05, 3.63) is 74.0 Å². The smallest absolute Gasteiger partial charge is 0.158 e. The zero-order chi connectivity index (χ0) is 26.3. The predicted molar refractivity (Wildman–Crippen MR) is 160 cm³/mol. The molecule has 5 nitrogen and oxygen atoms in total. The minimum absolute atomic E-state index is 0.424. The Morgan fingerprint density at radius 2 is 1.87 bits per heavy atom. The van der Waals surface area contributed by atoms with Crippen molar-refractivity contribution in [2.75, 3.05) is 6.54 Å². The van der Waals surface area contributed by atoms with E-state index in [-0.39, 0.29) is 0 Å². The van der Waals surface area contributed by atoms with Gasteiger partial charge in [0.25, 0.3) is 0 Å². The van der Waals surface area contributed by atoms with Crippen LogP contribution in [-0.4, -0.2) is 37.1 Å². The molecule has 7 heteroatoms. The van der Waals surface area contributed by atoms with Crippen molar-refractivity contribution >= 4 is 43.1 Å². The van der Waals surface area contributed by atoms with Gasteiger partial charge < -0.3 is 4.98 Å². The van der Waals surface area contributed by atoms with E-state index in [1.807, 2.05) is 15.9 Å². The third kappa shape index (κ3) is 3.73. The van der Waals surface area contributed by atoms with Crippen molar-refractivity contribution in [1.82, 2.24) is 24.5 Å². The van der Waals surface area contributed by atoms with E-state index in [0.29, 0.717) is 17.9 Å². The molecule has 0 amide bonds. The molecule has 0 spiro atoms. The fraction of sp³-hybridized carbons (Fsp3) is 0.419. The van der Waals surface area contributed by atoms with Gasteiger partial charge in [0.2, 0.25) is 0 Å². The molecule has 1 aliphatic carbocycles. The number of H-pyrrole nitrogens is 1. The predicted octanol–water partition coefficient (Wildman–Crippen LogP) is 8.13. The summed E-state index contributed by atoms with van der Waals surface area (Å²) in [6, 6.07) is 9.55. The van der Waals surface area contributed by atoms with Gasteiger partial charge >= 0.3 is 0 Å². The van der Waals surface area contributed by atoms with Gasteiger partial charge in [-0.25, -0.2) is 9.50 Å². The second-order valence-corrected chi connectivity index (χ2v) is 13.7. The van der Waals surface area contributed by atoms with Crippen LogP contribution in [0.2, 0.25) is 0 Å². The maximum atomic E-state index is 4.46. The second kappa shape index (κ2) is 9.04. The topological polar surface area (TPSA) is 49.2 Å². The van der Waals surface area contributed by atoms with Crippen LogP contribution in [-0.2, 0) is 6.54 Å². The number of hydrogen-bond donors (Lipinski definition) is 1. The van der Waals surface area contributed by atoms with Crippen molar-refractivity contribution in [3.63, 3.8) is 0 Å². The van der Waals surface area contributed by atoms with Crippen LogP contribution in [0.1, 0.15) is 71.2 Å². The van der Waals surface area contributed by atoms with Gasteiger partial charge in [0.05, 0.1) is 5.69 Å². The average molecular weight is 589 g/mol. The van der Waals surface area contributed by atoms with E-state index in [4.69, 9.17) is 0 Å². The number of nitrogens with one attached hydrogen (secondary N) is 1. The number of aromatic amines is 1. The van der Waals surface area contributed by atoms with Crippen molar-refractivity contribution in [2.45, 2.75) is 71.9 Å². The van der Waals surface area contributed by atoms with Crippen LogP contribution in [0.5, 0.6) is 0 Å². The lowest BCUT2D eigenvalue weighted by molar-refractivity contribution is 0.192. The summed E-state index contributed by atoms with van der Waals surface area (Å²) in [5, 5.41) is 5.91. The highest BCUT2D eigenvalue weighted by atomic mass is 79.9. The van der Waals surface area contributed by atoms with Crippen LogP contribution in [0, 0.1) is 26.7 Å². The molecule has 2 bridgehead atoms. The lowest BCUT2D eigenvalue weighted by atomic mass is 9.88. The summed E-state index contributed by atoms with van der Waals surface area (Å²) in [7, 11) is 0. The molecule has 2 aliphatic rings. The minimum atomic E-state index is 0.424. The summed E-state index contributed by atoms with van der Waals surface area (Å²) in [6.07, 6.45) is 6.42.